The lowest BCUT2D eigenvalue weighted by Gasteiger charge is -2.35. The summed E-state index contributed by atoms with van der Waals surface area (Å²) in [5.74, 6) is 0.907. The van der Waals surface area contributed by atoms with E-state index >= 15 is 0 Å². The van der Waals surface area contributed by atoms with E-state index in [4.69, 9.17) is 10.00 Å². The summed E-state index contributed by atoms with van der Waals surface area (Å²) in [6.45, 7) is 0.654. The van der Waals surface area contributed by atoms with Gasteiger partial charge >= 0.3 is 0 Å². The van der Waals surface area contributed by atoms with Crippen LogP contribution >= 0.6 is 15.9 Å². The van der Waals surface area contributed by atoms with Crippen molar-refractivity contribution in [2.45, 2.75) is 18.9 Å². The third kappa shape index (κ3) is 2.14. The van der Waals surface area contributed by atoms with Crippen LogP contribution in [-0.4, -0.2) is 19.7 Å². The van der Waals surface area contributed by atoms with Gasteiger partial charge in [0.2, 0.25) is 0 Å². The van der Waals surface area contributed by atoms with Crippen molar-refractivity contribution in [1.29, 1.82) is 5.26 Å². The number of hydrogen-bond donors (Lipinski definition) is 0. The molecule has 0 radical (unpaired) electrons. The fourth-order valence-corrected chi connectivity index (χ4v) is 2.24. The van der Waals surface area contributed by atoms with Crippen molar-refractivity contribution in [2.75, 3.05) is 18.6 Å². The zero-order chi connectivity index (χ0) is 11.5. The van der Waals surface area contributed by atoms with Gasteiger partial charge in [-0.25, -0.2) is 0 Å². The number of likely N-dealkylation sites (N-methyl/N-ethyl adjacent to an activating group) is 1. The third-order valence-electron chi connectivity index (χ3n) is 2.87. The molecule has 0 N–H and O–H groups in total. The lowest BCUT2D eigenvalue weighted by molar-refractivity contribution is 0.261. The number of anilines is 1. The van der Waals surface area contributed by atoms with Crippen molar-refractivity contribution in [3.8, 4) is 11.8 Å². The van der Waals surface area contributed by atoms with Crippen molar-refractivity contribution in [3.05, 3.63) is 22.7 Å². The van der Waals surface area contributed by atoms with E-state index in [9.17, 15) is 0 Å². The zero-order valence-corrected chi connectivity index (χ0v) is 10.7. The first kappa shape index (κ1) is 11.3. The summed E-state index contributed by atoms with van der Waals surface area (Å²) in [7, 11) is 2.05. The minimum absolute atomic E-state index is 0.299. The first-order chi connectivity index (χ1) is 7.72. The molecule has 1 aromatic carbocycles. The largest absolute Gasteiger partial charge is 0.489 e. The molecule has 0 saturated heterocycles. The molecular weight excluding hydrogens is 268 g/mol. The Bertz CT molecular complexity index is 428. The SMILES string of the molecule is CN1c2ccc(Br)cc2OCC1CCC#N. The van der Waals surface area contributed by atoms with Crippen LogP contribution in [-0.2, 0) is 0 Å². The molecule has 1 aliphatic heterocycles. The quantitative estimate of drug-likeness (QED) is 0.836. The number of ether oxygens (including phenoxy) is 1. The van der Waals surface area contributed by atoms with Gasteiger partial charge in [-0.05, 0) is 24.6 Å². The van der Waals surface area contributed by atoms with Crippen molar-refractivity contribution in [3.63, 3.8) is 0 Å². The second-order valence-corrected chi connectivity index (χ2v) is 4.80. The molecule has 0 saturated carbocycles. The Morgan fingerprint density at radius 1 is 1.62 bits per heavy atom. The third-order valence-corrected chi connectivity index (χ3v) is 3.36. The highest BCUT2D eigenvalue weighted by Gasteiger charge is 2.24. The topological polar surface area (TPSA) is 36.3 Å². The number of benzene rings is 1. The van der Waals surface area contributed by atoms with E-state index in [1.54, 1.807) is 0 Å². The molecule has 84 valence electrons. The molecule has 1 aromatic rings. The second-order valence-electron chi connectivity index (χ2n) is 3.88. The first-order valence-corrected chi connectivity index (χ1v) is 6.04. The smallest absolute Gasteiger partial charge is 0.143 e. The molecule has 0 amide bonds. The van der Waals surface area contributed by atoms with Crippen LogP contribution in [0.15, 0.2) is 22.7 Å². The highest BCUT2D eigenvalue weighted by molar-refractivity contribution is 9.10. The first-order valence-electron chi connectivity index (χ1n) is 5.24. The van der Waals surface area contributed by atoms with Crippen molar-refractivity contribution >= 4 is 21.6 Å². The van der Waals surface area contributed by atoms with Crippen LogP contribution in [0.5, 0.6) is 5.75 Å². The Morgan fingerprint density at radius 3 is 3.19 bits per heavy atom. The fourth-order valence-electron chi connectivity index (χ4n) is 1.90. The summed E-state index contributed by atoms with van der Waals surface area (Å²) in [6, 6.07) is 8.50. The average Bonchev–Trinajstić information content (AvgIpc) is 2.28. The highest BCUT2D eigenvalue weighted by Crippen LogP contribution is 2.35. The van der Waals surface area contributed by atoms with Gasteiger partial charge in [-0.2, -0.15) is 5.26 Å². The maximum absolute atomic E-state index is 8.60. The summed E-state index contributed by atoms with van der Waals surface area (Å²) >= 11 is 3.43. The number of rotatable bonds is 2. The summed E-state index contributed by atoms with van der Waals surface area (Å²) < 4.78 is 6.73. The molecule has 1 aliphatic rings. The van der Waals surface area contributed by atoms with Crippen LogP contribution in [0, 0.1) is 11.3 Å². The van der Waals surface area contributed by atoms with E-state index in [1.165, 1.54) is 0 Å². The van der Waals surface area contributed by atoms with Crippen LogP contribution in [0.3, 0.4) is 0 Å². The number of nitriles is 1. The van der Waals surface area contributed by atoms with E-state index in [-0.39, 0.29) is 0 Å². The van der Waals surface area contributed by atoms with E-state index in [0.717, 1.165) is 22.3 Å². The highest BCUT2D eigenvalue weighted by atomic mass is 79.9. The van der Waals surface area contributed by atoms with Crippen LogP contribution in [0.25, 0.3) is 0 Å². The maximum Gasteiger partial charge on any atom is 0.143 e. The van der Waals surface area contributed by atoms with Crippen molar-refractivity contribution < 1.29 is 4.74 Å². The summed E-state index contributed by atoms with van der Waals surface area (Å²) in [6.07, 6.45) is 1.42. The maximum atomic E-state index is 8.60. The van der Waals surface area contributed by atoms with E-state index in [2.05, 4.69) is 33.9 Å². The molecule has 0 spiro atoms. The standard InChI is InChI=1S/C12H13BrN2O/c1-15-10(3-2-6-14)8-16-12-7-9(13)4-5-11(12)15/h4-5,7,10H,2-3,8H2,1H3. The Hall–Kier alpha value is -1.21. The summed E-state index contributed by atoms with van der Waals surface area (Å²) in [5, 5.41) is 8.60. The molecule has 4 heteroatoms. The van der Waals surface area contributed by atoms with Crippen molar-refractivity contribution in [2.24, 2.45) is 0 Å². The van der Waals surface area contributed by atoms with Gasteiger partial charge < -0.3 is 9.64 Å². The number of hydrogen-bond acceptors (Lipinski definition) is 3. The van der Waals surface area contributed by atoms with Gasteiger partial charge in [-0.15, -0.1) is 0 Å². The monoisotopic (exact) mass is 280 g/mol. The number of fused-ring (bicyclic) bond motifs is 1. The fraction of sp³-hybridized carbons (Fsp3) is 0.417. The Labute approximate surface area is 104 Å². The van der Waals surface area contributed by atoms with Gasteiger partial charge in [-0.3, -0.25) is 0 Å². The van der Waals surface area contributed by atoms with Gasteiger partial charge in [0.1, 0.15) is 12.4 Å². The van der Waals surface area contributed by atoms with Crippen molar-refractivity contribution in [1.82, 2.24) is 0 Å². The van der Waals surface area contributed by atoms with Gasteiger partial charge in [-0.1, -0.05) is 15.9 Å². The summed E-state index contributed by atoms with van der Waals surface area (Å²) in [5.41, 5.74) is 1.09. The zero-order valence-electron chi connectivity index (χ0n) is 9.11. The normalized spacial score (nSPS) is 18.6. The van der Waals surface area contributed by atoms with Crippen LogP contribution in [0.1, 0.15) is 12.8 Å². The van der Waals surface area contributed by atoms with E-state index in [0.29, 0.717) is 19.1 Å². The molecule has 3 nitrogen and oxygen atoms in total. The van der Waals surface area contributed by atoms with Gasteiger partial charge in [0.25, 0.3) is 0 Å². The van der Waals surface area contributed by atoms with Gasteiger partial charge in [0.15, 0.2) is 0 Å². The van der Waals surface area contributed by atoms with Crippen LogP contribution in [0.2, 0.25) is 0 Å². The molecular formula is C12H13BrN2O. The molecule has 0 fully saturated rings. The molecule has 0 aliphatic carbocycles. The predicted octanol–water partition coefficient (Wildman–Crippen LogP) is 2.95. The molecule has 16 heavy (non-hydrogen) atoms. The number of halogens is 1. The molecule has 1 atom stereocenters. The van der Waals surface area contributed by atoms with Gasteiger partial charge in [0, 0.05) is 17.9 Å². The lowest BCUT2D eigenvalue weighted by atomic mass is 10.1. The summed E-state index contributed by atoms with van der Waals surface area (Å²) in [4.78, 5) is 2.20. The molecule has 1 heterocycles. The molecule has 1 unspecified atom stereocenters. The van der Waals surface area contributed by atoms with Crippen LogP contribution in [0.4, 0.5) is 5.69 Å². The Balaban J connectivity index is 2.19. The second kappa shape index (κ2) is 4.75. The van der Waals surface area contributed by atoms with Gasteiger partial charge in [0.05, 0.1) is 17.8 Å². The van der Waals surface area contributed by atoms with E-state index < -0.39 is 0 Å². The lowest BCUT2D eigenvalue weighted by Crippen LogP contribution is -2.40. The minimum atomic E-state index is 0.299. The molecule has 2 rings (SSSR count). The Kier molecular flexibility index (Phi) is 3.35. The average molecular weight is 281 g/mol. The Morgan fingerprint density at radius 2 is 2.44 bits per heavy atom. The molecule has 0 bridgehead atoms. The van der Waals surface area contributed by atoms with E-state index in [1.807, 2.05) is 18.2 Å². The number of nitrogens with zero attached hydrogens (tertiary/aromatic N) is 2. The predicted molar refractivity (Wildman–Crippen MR) is 66.7 cm³/mol. The minimum Gasteiger partial charge on any atom is -0.489 e. The molecule has 0 aromatic heterocycles. The van der Waals surface area contributed by atoms with Crippen LogP contribution < -0.4 is 9.64 Å².